The summed E-state index contributed by atoms with van der Waals surface area (Å²) in [7, 11) is 0. The maximum absolute atomic E-state index is 6.37. The van der Waals surface area contributed by atoms with Gasteiger partial charge in [-0.3, -0.25) is 0 Å². The smallest absolute Gasteiger partial charge is 0.131 e. The third-order valence-corrected chi connectivity index (χ3v) is 6.39. The Morgan fingerprint density at radius 2 is 2.19 bits per heavy atom. The molecule has 21 heavy (non-hydrogen) atoms. The van der Waals surface area contributed by atoms with Gasteiger partial charge in [-0.05, 0) is 49.0 Å². The first-order valence-corrected chi connectivity index (χ1v) is 8.28. The molecule has 2 fully saturated rings. The number of nitrogens with zero attached hydrogens (tertiary/aromatic N) is 1. The summed E-state index contributed by atoms with van der Waals surface area (Å²) < 4.78 is 6.37. The number of hydrogen-bond acceptors (Lipinski definition) is 3. The molecule has 2 aliphatic carbocycles. The van der Waals surface area contributed by atoms with Gasteiger partial charge in [-0.1, -0.05) is 26.8 Å². The third-order valence-electron chi connectivity index (χ3n) is 6.39. The summed E-state index contributed by atoms with van der Waals surface area (Å²) in [6, 6.07) is 4.11. The van der Waals surface area contributed by atoms with Crippen LogP contribution in [0.5, 0.6) is 0 Å². The zero-order valence-corrected chi connectivity index (χ0v) is 13.8. The van der Waals surface area contributed by atoms with Gasteiger partial charge >= 0.3 is 0 Å². The van der Waals surface area contributed by atoms with Crippen LogP contribution in [0.1, 0.15) is 52.5 Å². The maximum Gasteiger partial charge on any atom is 0.131 e. The number of aromatic nitrogens is 1. The van der Waals surface area contributed by atoms with Crippen LogP contribution in [0.3, 0.4) is 0 Å². The summed E-state index contributed by atoms with van der Waals surface area (Å²) >= 11 is 0. The molecule has 0 aromatic carbocycles. The van der Waals surface area contributed by atoms with Gasteiger partial charge in [-0.15, -0.1) is 0 Å². The molecular weight excluding hydrogens is 260 g/mol. The van der Waals surface area contributed by atoms with Crippen LogP contribution in [0.4, 0.5) is 5.82 Å². The second kappa shape index (κ2) is 5.28. The maximum atomic E-state index is 6.37. The number of fused-ring (bicyclic) bond motifs is 2. The molecular formula is C18H28N2O. The predicted octanol–water partition coefficient (Wildman–Crippen LogP) is 4.24. The molecule has 0 aliphatic heterocycles. The van der Waals surface area contributed by atoms with Crippen molar-refractivity contribution in [2.24, 2.45) is 16.7 Å². The van der Waals surface area contributed by atoms with Crippen LogP contribution >= 0.6 is 0 Å². The molecule has 3 heteroatoms. The normalized spacial score (nSPS) is 33.3. The Morgan fingerprint density at radius 1 is 1.38 bits per heavy atom. The standard InChI is InChI=1S/C18H28N2O/c1-5-19-16-13(7-6-10-20-16)12-21-15-11-14-8-9-18(15,4)17(14,2)3/h6-7,10,14-15H,5,8-9,11-12H2,1-4H3,(H,19,20). The first kappa shape index (κ1) is 14.8. The van der Waals surface area contributed by atoms with Crippen molar-refractivity contribution in [3.8, 4) is 0 Å². The van der Waals surface area contributed by atoms with Crippen LogP contribution in [0.2, 0.25) is 0 Å². The highest BCUT2D eigenvalue weighted by Gasteiger charge is 2.61. The molecule has 0 saturated heterocycles. The van der Waals surface area contributed by atoms with Crippen LogP contribution in [-0.2, 0) is 11.3 Å². The molecule has 0 radical (unpaired) electrons. The van der Waals surface area contributed by atoms with Crippen molar-refractivity contribution >= 4 is 5.82 Å². The monoisotopic (exact) mass is 288 g/mol. The molecule has 116 valence electrons. The van der Waals surface area contributed by atoms with Gasteiger partial charge in [-0.25, -0.2) is 4.98 Å². The lowest BCUT2D eigenvalue weighted by molar-refractivity contribution is -0.0549. The third kappa shape index (κ3) is 2.26. The molecule has 1 N–H and O–H groups in total. The topological polar surface area (TPSA) is 34.2 Å². The van der Waals surface area contributed by atoms with E-state index < -0.39 is 0 Å². The Balaban J connectivity index is 1.70. The first-order valence-electron chi connectivity index (χ1n) is 8.28. The van der Waals surface area contributed by atoms with Gasteiger partial charge in [0.1, 0.15) is 5.82 Å². The van der Waals surface area contributed by atoms with Gasteiger partial charge in [0.05, 0.1) is 12.7 Å². The van der Waals surface area contributed by atoms with Crippen LogP contribution in [0.15, 0.2) is 18.3 Å². The van der Waals surface area contributed by atoms with E-state index in [1.54, 1.807) is 0 Å². The van der Waals surface area contributed by atoms with Crippen LogP contribution in [0.25, 0.3) is 0 Å². The number of hydrogen-bond donors (Lipinski definition) is 1. The van der Waals surface area contributed by atoms with Gasteiger partial charge in [0.2, 0.25) is 0 Å². The van der Waals surface area contributed by atoms with E-state index in [1.807, 2.05) is 12.3 Å². The van der Waals surface area contributed by atoms with E-state index in [4.69, 9.17) is 4.74 Å². The number of ether oxygens (including phenoxy) is 1. The molecule has 1 aromatic heterocycles. The van der Waals surface area contributed by atoms with Crippen molar-refractivity contribution < 1.29 is 4.74 Å². The molecule has 3 unspecified atom stereocenters. The lowest BCUT2D eigenvalue weighted by Crippen LogP contribution is -2.37. The minimum atomic E-state index is 0.332. The lowest BCUT2D eigenvalue weighted by atomic mass is 9.70. The highest BCUT2D eigenvalue weighted by molar-refractivity contribution is 5.43. The molecule has 1 heterocycles. The zero-order valence-electron chi connectivity index (χ0n) is 13.8. The highest BCUT2D eigenvalue weighted by atomic mass is 16.5. The molecule has 0 amide bonds. The molecule has 0 spiro atoms. The van der Waals surface area contributed by atoms with E-state index in [-0.39, 0.29) is 0 Å². The fraction of sp³-hybridized carbons (Fsp3) is 0.722. The fourth-order valence-corrected chi connectivity index (χ4v) is 4.45. The van der Waals surface area contributed by atoms with Crippen molar-refractivity contribution in [2.75, 3.05) is 11.9 Å². The number of anilines is 1. The van der Waals surface area contributed by atoms with Crippen LogP contribution in [0, 0.1) is 16.7 Å². The van der Waals surface area contributed by atoms with E-state index in [1.165, 1.54) is 24.8 Å². The molecule has 3 atom stereocenters. The summed E-state index contributed by atoms with van der Waals surface area (Å²) in [5.41, 5.74) is 1.92. The molecule has 2 saturated carbocycles. The molecule has 1 aromatic rings. The number of nitrogens with one attached hydrogen (secondary N) is 1. The van der Waals surface area contributed by atoms with E-state index in [0.717, 1.165) is 18.3 Å². The molecule has 3 rings (SSSR count). The largest absolute Gasteiger partial charge is 0.373 e. The van der Waals surface area contributed by atoms with Gasteiger partial charge in [0.15, 0.2) is 0 Å². The fourth-order valence-electron chi connectivity index (χ4n) is 4.45. The molecule has 2 bridgehead atoms. The molecule has 3 nitrogen and oxygen atoms in total. The average molecular weight is 288 g/mol. The second-order valence-corrected chi connectivity index (χ2v) is 7.45. The van der Waals surface area contributed by atoms with Crippen LogP contribution < -0.4 is 5.32 Å². The van der Waals surface area contributed by atoms with Gasteiger partial charge in [0, 0.05) is 18.3 Å². The summed E-state index contributed by atoms with van der Waals surface area (Å²) in [5, 5.41) is 3.32. The molecule has 2 aliphatic rings. The number of pyridine rings is 1. The van der Waals surface area contributed by atoms with Crippen molar-refractivity contribution in [1.29, 1.82) is 0 Å². The van der Waals surface area contributed by atoms with E-state index >= 15 is 0 Å². The highest BCUT2D eigenvalue weighted by Crippen LogP contribution is 2.66. The van der Waals surface area contributed by atoms with E-state index in [9.17, 15) is 0 Å². The zero-order chi connectivity index (χ0) is 15.1. The Hall–Kier alpha value is -1.09. The number of rotatable bonds is 5. The summed E-state index contributed by atoms with van der Waals surface area (Å²) in [5.74, 6) is 1.79. The van der Waals surface area contributed by atoms with Gasteiger partial charge in [-0.2, -0.15) is 0 Å². The Bertz CT molecular complexity index is 514. The van der Waals surface area contributed by atoms with Crippen molar-refractivity contribution in [2.45, 2.75) is 59.7 Å². The quantitative estimate of drug-likeness (QED) is 0.879. The summed E-state index contributed by atoms with van der Waals surface area (Å²) in [4.78, 5) is 4.42. The summed E-state index contributed by atoms with van der Waals surface area (Å²) in [6.07, 6.45) is 6.13. The predicted molar refractivity (Wildman–Crippen MR) is 86.2 cm³/mol. The second-order valence-electron chi connectivity index (χ2n) is 7.45. The summed E-state index contributed by atoms with van der Waals surface area (Å²) in [6.45, 7) is 10.9. The Labute approximate surface area is 128 Å². The van der Waals surface area contributed by atoms with Gasteiger partial charge in [0.25, 0.3) is 0 Å². The average Bonchev–Trinajstić information content (AvgIpc) is 2.79. The minimum absolute atomic E-state index is 0.332. The van der Waals surface area contributed by atoms with Crippen molar-refractivity contribution in [3.63, 3.8) is 0 Å². The Kier molecular flexibility index (Phi) is 3.73. The Morgan fingerprint density at radius 3 is 2.81 bits per heavy atom. The SMILES string of the molecule is CCNc1ncccc1COC1CC2CCC1(C)C2(C)C. The van der Waals surface area contributed by atoms with Crippen molar-refractivity contribution in [3.05, 3.63) is 23.9 Å². The van der Waals surface area contributed by atoms with Crippen LogP contribution in [-0.4, -0.2) is 17.6 Å². The first-order chi connectivity index (χ1) is 9.99. The van der Waals surface area contributed by atoms with Crippen molar-refractivity contribution in [1.82, 2.24) is 4.98 Å². The van der Waals surface area contributed by atoms with Gasteiger partial charge < -0.3 is 10.1 Å². The van der Waals surface area contributed by atoms with E-state index in [2.05, 4.69) is 44.1 Å². The minimum Gasteiger partial charge on any atom is -0.373 e. The lowest BCUT2D eigenvalue weighted by Gasteiger charge is -2.39. The van der Waals surface area contributed by atoms with E-state index in [0.29, 0.717) is 23.5 Å².